The van der Waals surface area contributed by atoms with E-state index in [-0.39, 0.29) is 11.4 Å². The molecular weight excluding hydrogens is 166 g/mol. The third-order valence-electron chi connectivity index (χ3n) is 3.16. The summed E-state index contributed by atoms with van der Waals surface area (Å²) in [4.78, 5) is 11.2. The topological polar surface area (TPSA) is 38.3 Å². The third-order valence-corrected chi connectivity index (χ3v) is 3.16. The lowest BCUT2D eigenvalue weighted by molar-refractivity contribution is -0.144. The van der Waals surface area contributed by atoms with E-state index >= 15 is 0 Å². The molecule has 0 aromatic rings. The highest BCUT2D eigenvalue weighted by atomic mass is 16.5. The van der Waals surface area contributed by atoms with E-state index in [9.17, 15) is 4.79 Å². The van der Waals surface area contributed by atoms with Crippen LogP contribution in [0.3, 0.4) is 0 Å². The van der Waals surface area contributed by atoms with E-state index in [1.165, 1.54) is 7.11 Å². The van der Waals surface area contributed by atoms with Crippen molar-refractivity contribution in [3.63, 3.8) is 0 Å². The molecule has 1 aliphatic heterocycles. The summed E-state index contributed by atoms with van der Waals surface area (Å²) in [5.41, 5.74) is 0.207. The number of carbonyl (C=O) groups excluding carboxylic acids is 1. The van der Waals surface area contributed by atoms with Crippen molar-refractivity contribution in [2.75, 3.05) is 20.2 Å². The van der Waals surface area contributed by atoms with E-state index in [1.54, 1.807) is 0 Å². The van der Waals surface area contributed by atoms with Crippen molar-refractivity contribution < 1.29 is 9.53 Å². The van der Waals surface area contributed by atoms with Gasteiger partial charge < -0.3 is 10.1 Å². The highest BCUT2D eigenvalue weighted by molar-refractivity contribution is 5.70. The second-order valence-corrected chi connectivity index (χ2v) is 3.86. The molecule has 76 valence electrons. The molecule has 0 amide bonds. The lowest BCUT2D eigenvalue weighted by Gasteiger charge is -2.35. The Bertz CT molecular complexity index is 174. The van der Waals surface area contributed by atoms with Crippen molar-refractivity contribution in [1.82, 2.24) is 5.32 Å². The fourth-order valence-corrected chi connectivity index (χ4v) is 1.99. The summed E-state index contributed by atoms with van der Waals surface area (Å²) in [5, 5.41) is 3.31. The maximum Gasteiger partial charge on any atom is 0.306 e. The highest BCUT2D eigenvalue weighted by Crippen LogP contribution is 2.36. The number of carbonyl (C=O) groups is 1. The summed E-state index contributed by atoms with van der Waals surface area (Å²) in [6.45, 7) is 4.23. The van der Waals surface area contributed by atoms with Crippen LogP contribution in [0.5, 0.6) is 0 Å². The van der Waals surface area contributed by atoms with Crippen LogP contribution in [0.15, 0.2) is 0 Å². The largest absolute Gasteiger partial charge is 0.469 e. The number of ether oxygens (including phenoxy) is 1. The molecule has 0 spiro atoms. The zero-order valence-corrected chi connectivity index (χ0v) is 8.56. The van der Waals surface area contributed by atoms with E-state index in [2.05, 4.69) is 12.2 Å². The summed E-state index contributed by atoms with van der Waals surface area (Å²) in [6, 6.07) is 0. The average molecular weight is 185 g/mol. The Morgan fingerprint density at radius 3 is 2.54 bits per heavy atom. The smallest absolute Gasteiger partial charge is 0.306 e. The van der Waals surface area contributed by atoms with Crippen LogP contribution in [-0.2, 0) is 9.53 Å². The van der Waals surface area contributed by atoms with Crippen LogP contribution in [0.1, 0.15) is 32.6 Å². The molecule has 3 heteroatoms. The van der Waals surface area contributed by atoms with Crippen molar-refractivity contribution in [3.8, 4) is 0 Å². The Labute approximate surface area is 79.8 Å². The molecular formula is C10H19NO2. The van der Waals surface area contributed by atoms with E-state index in [1.807, 2.05) is 0 Å². The second kappa shape index (κ2) is 4.61. The van der Waals surface area contributed by atoms with Crippen molar-refractivity contribution in [2.24, 2.45) is 5.41 Å². The van der Waals surface area contributed by atoms with Gasteiger partial charge in [0.1, 0.15) is 0 Å². The summed E-state index contributed by atoms with van der Waals surface area (Å²) < 4.78 is 4.72. The average Bonchev–Trinajstić information content (AvgIpc) is 2.19. The summed E-state index contributed by atoms with van der Waals surface area (Å²) in [5.74, 6) is -0.0660. The quantitative estimate of drug-likeness (QED) is 0.674. The van der Waals surface area contributed by atoms with Crippen LogP contribution in [0.25, 0.3) is 0 Å². The minimum Gasteiger partial charge on any atom is -0.469 e. The van der Waals surface area contributed by atoms with Gasteiger partial charge in [0.05, 0.1) is 13.5 Å². The highest BCUT2D eigenvalue weighted by Gasteiger charge is 2.32. The van der Waals surface area contributed by atoms with E-state index < -0.39 is 0 Å². The molecule has 0 atom stereocenters. The van der Waals surface area contributed by atoms with Crippen LogP contribution >= 0.6 is 0 Å². The molecule has 1 saturated heterocycles. The first-order chi connectivity index (χ1) is 6.22. The minimum atomic E-state index is -0.0660. The Balaban J connectivity index is 2.52. The predicted octanol–water partition coefficient (Wildman–Crippen LogP) is 1.33. The normalized spacial score (nSPS) is 21.1. The number of nitrogens with one attached hydrogen (secondary N) is 1. The van der Waals surface area contributed by atoms with Gasteiger partial charge in [-0.15, -0.1) is 0 Å². The first-order valence-corrected chi connectivity index (χ1v) is 5.00. The van der Waals surface area contributed by atoms with Crippen LogP contribution in [0.2, 0.25) is 0 Å². The number of hydrogen-bond donors (Lipinski definition) is 1. The maximum absolute atomic E-state index is 11.2. The minimum absolute atomic E-state index is 0.0660. The van der Waals surface area contributed by atoms with Gasteiger partial charge in [-0.05, 0) is 37.8 Å². The number of rotatable bonds is 3. The molecule has 1 aliphatic rings. The Hall–Kier alpha value is -0.570. The van der Waals surface area contributed by atoms with E-state index in [0.29, 0.717) is 6.42 Å². The summed E-state index contributed by atoms with van der Waals surface area (Å²) in [7, 11) is 1.47. The number of methoxy groups -OCH3 is 1. The molecule has 3 nitrogen and oxygen atoms in total. The SMILES string of the molecule is CCC1(CC(=O)OC)CCNCC1. The fourth-order valence-electron chi connectivity index (χ4n) is 1.99. The number of esters is 1. The van der Waals surface area contributed by atoms with Crippen molar-refractivity contribution >= 4 is 5.97 Å². The van der Waals surface area contributed by atoms with Gasteiger partial charge in [0.25, 0.3) is 0 Å². The zero-order chi connectivity index (χ0) is 9.73. The summed E-state index contributed by atoms with van der Waals surface area (Å²) in [6.07, 6.45) is 3.85. The van der Waals surface area contributed by atoms with Crippen molar-refractivity contribution in [2.45, 2.75) is 32.6 Å². The summed E-state index contributed by atoms with van der Waals surface area (Å²) >= 11 is 0. The lowest BCUT2D eigenvalue weighted by atomic mass is 9.74. The van der Waals surface area contributed by atoms with Crippen LogP contribution in [-0.4, -0.2) is 26.2 Å². The van der Waals surface area contributed by atoms with Crippen LogP contribution in [0, 0.1) is 5.41 Å². The molecule has 0 saturated carbocycles. The Morgan fingerprint density at radius 2 is 2.08 bits per heavy atom. The molecule has 1 heterocycles. The Kier molecular flexibility index (Phi) is 3.72. The molecule has 0 radical (unpaired) electrons. The van der Waals surface area contributed by atoms with Crippen LogP contribution < -0.4 is 5.32 Å². The van der Waals surface area contributed by atoms with Gasteiger partial charge in [-0.3, -0.25) is 4.79 Å². The van der Waals surface area contributed by atoms with Gasteiger partial charge in [0, 0.05) is 0 Å². The molecule has 1 fully saturated rings. The molecule has 1 N–H and O–H groups in total. The lowest BCUT2D eigenvalue weighted by Crippen LogP contribution is -2.37. The van der Waals surface area contributed by atoms with Crippen molar-refractivity contribution in [1.29, 1.82) is 0 Å². The van der Waals surface area contributed by atoms with Gasteiger partial charge in [-0.1, -0.05) is 6.92 Å². The molecule has 0 unspecified atom stereocenters. The van der Waals surface area contributed by atoms with Crippen LogP contribution in [0.4, 0.5) is 0 Å². The monoisotopic (exact) mass is 185 g/mol. The third kappa shape index (κ3) is 2.69. The predicted molar refractivity (Wildman–Crippen MR) is 51.5 cm³/mol. The maximum atomic E-state index is 11.2. The molecule has 0 aromatic carbocycles. The first kappa shape index (κ1) is 10.5. The van der Waals surface area contributed by atoms with Crippen molar-refractivity contribution in [3.05, 3.63) is 0 Å². The molecule has 0 bridgehead atoms. The van der Waals surface area contributed by atoms with Gasteiger partial charge in [-0.2, -0.15) is 0 Å². The number of piperidine rings is 1. The Morgan fingerprint density at radius 1 is 1.46 bits per heavy atom. The first-order valence-electron chi connectivity index (χ1n) is 5.00. The van der Waals surface area contributed by atoms with Gasteiger partial charge in [-0.25, -0.2) is 0 Å². The zero-order valence-electron chi connectivity index (χ0n) is 8.56. The van der Waals surface area contributed by atoms with E-state index in [4.69, 9.17) is 4.74 Å². The van der Waals surface area contributed by atoms with Gasteiger partial charge in [0.2, 0.25) is 0 Å². The molecule has 0 aromatic heterocycles. The van der Waals surface area contributed by atoms with Gasteiger partial charge in [0.15, 0.2) is 0 Å². The number of hydrogen-bond acceptors (Lipinski definition) is 3. The van der Waals surface area contributed by atoms with E-state index in [0.717, 1.165) is 32.4 Å². The molecule has 1 rings (SSSR count). The van der Waals surface area contributed by atoms with Gasteiger partial charge >= 0.3 is 5.97 Å². The standard InChI is InChI=1S/C10H19NO2/c1-3-10(8-9(12)13-2)4-6-11-7-5-10/h11H,3-8H2,1-2H3. The second-order valence-electron chi connectivity index (χ2n) is 3.86. The molecule has 0 aliphatic carbocycles. The fraction of sp³-hybridized carbons (Fsp3) is 0.900. The molecule has 13 heavy (non-hydrogen) atoms.